The van der Waals surface area contributed by atoms with Gasteiger partial charge in [0.2, 0.25) is 0 Å². The van der Waals surface area contributed by atoms with Gasteiger partial charge in [-0.3, -0.25) is 5.41 Å². The van der Waals surface area contributed by atoms with Crippen LogP contribution in [0.4, 0.5) is 0 Å². The quantitative estimate of drug-likeness (QED) is 0.138. The van der Waals surface area contributed by atoms with Gasteiger partial charge in [0.1, 0.15) is 11.2 Å². The molecule has 0 atom stereocenters. The lowest BCUT2D eigenvalue weighted by atomic mass is 9.93. The second kappa shape index (κ2) is 13.9. The molecule has 9 aromatic rings. The number of amidine groups is 2. The van der Waals surface area contributed by atoms with E-state index in [-0.39, 0.29) is 5.84 Å². The van der Waals surface area contributed by atoms with Gasteiger partial charge in [0.25, 0.3) is 0 Å². The molecule has 0 bridgehead atoms. The lowest BCUT2D eigenvalue weighted by molar-refractivity contribution is 0.674. The van der Waals surface area contributed by atoms with E-state index in [9.17, 15) is 0 Å². The van der Waals surface area contributed by atoms with Crippen LogP contribution in [0.25, 0.3) is 66.1 Å². The number of aliphatic imine (C=N–C) groups is 2. The van der Waals surface area contributed by atoms with E-state index in [1.54, 1.807) is 6.21 Å². The van der Waals surface area contributed by atoms with Gasteiger partial charge in [-0.05, 0) is 44.8 Å². The maximum atomic E-state index is 8.92. The molecular formula is C49H33N3O. The van der Waals surface area contributed by atoms with Crippen LogP contribution in [0.15, 0.2) is 202 Å². The molecule has 1 aromatic heterocycles. The van der Waals surface area contributed by atoms with Crippen LogP contribution in [0.5, 0.6) is 0 Å². The molecule has 4 nitrogen and oxygen atoms in total. The summed E-state index contributed by atoms with van der Waals surface area (Å²) in [6.45, 7) is 0. The van der Waals surface area contributed by atoms with Crippen molar-refractivity contribution in [2.75, 3.05) is 0 Å². The van der Waals surface area contributed by atoms with Crippen molar-refractivity contribution in [3.8, 4) is 33.4 Å². The van der Waals surface area contributed by atoms with Crippen LogP contribution in [0.2, 0.25) is 0 Å². The summed E-state index contributed by atoms with van der Waals surface area (Å²) in [5.74, 6) is 0.618. The smallest absolute Gasteiger partial charge is 0.161 e. The summed E-state index contributed by atoms with van der Waals surface area (Å²) in [7, 11) is 0. The molecule has 1 N–H and O–H groups in total. The molecule has 8 aromatic carbocycles. The van der Waals surface area contributed by atoms with Crippen LogP contribution in [0.1, 0.15) is 16.7 Å². The molecule has 0 aliphatic rings. The third kappa shape index (κ3) is 6.24. The zero-order chi connectivity index (χ0) is 35.6. The van der Waals surface area contributed by atoms with Gasteiger partial charge in [0.05, 0.1) is 0 Å². The minimum atomic E-state index is 0.137. The van der Waals surface area contributed by atoms with Crippen molar-refractivity contribution in [1.29, 1.82) is 5.41 Å². The normalized spacial score (nSPS) is 11.9. The highest BCUT2D eigenvalue weighted by atomic mass is 16.3. The number of hydrogen-bond donors (Lipinski definition) is 1. The number of furan rings is 1. The number of nitrogens with zero attached hydrogens (tertiary/aromatic N) is 2. The molecule has 250 valence electrons. The summed E-state index contributed by atoms with van der Waals surface area (Å²) >= 11 is 0. The summed E-state index contributed by atoms with van der Waals surface area (Å²) < 4.78 is 6.78. The molecule has 4 heteroatoms. The molecule has 0 spiro atoms. The van der Waals surface area contributed by atoms with E-state index in [0.717, 1.165) is 60.5 Å². The predicted octanol–water partition coefficient (Wildman–Crippen LogP) is 12.6. The van der Waals surface area contributed by atoms with E-state index in [1.165, 1.54) is 16.7 Å². The van der Waals surface area contributed by atoms with E-state index in [4.69, 9.17) is 9.83 Å². The van der Waals surface area contributed by atoms with Crippen LogP contribution >= 0.6 is 0 Å². The first kappa shape index (κ1) is 31.8. The molecule has 53 heavy (non-hydrogen) atoms. The zero-order valence-electron chi connectivity index (χ0n) is 28.8. The van der Waals surface area contributed by atoms with Gasteiger partial charge in [-0.2, -0.15) is 0 Å². The van der Waals surface area contributed by atoms with E-state index < -0.39 is 0 Å². The van der Waals surface area contributed by atoms with Crippen molar-refractivity contribution >= 4 is 50.6 Å². The predicted molar refractivity (Wildman–Crippen MR) is 221 cm³/mol. The number of hydrogen-bond acceptors (Lipinski definition) is 2. The molecule has 0 fully saturated rings. The first-order chi connectivity index (χ1) is 26.2. The van der Waals surface area contributed by atoms with Gasteiger partial charge >= 0.3 is 0 Å². The van der Waals surface area contributed by atoms with Gasteiger partial charge in [-0.1, -0.05) is 182 Å². The summed E-state index contributed by atoms with van der Waals surface area (Å²) in [5, 5.41) is 13.3. The standard InChI is InChI=1S/C49H33N3O/c50-48(52-49(39-17-8-3-9-18-39)51-32-33-13-4-1-5-14-33)38-29-27-36(28-30-38)40-21-12-22-43-45-31-44(41-19-10-11-20-42(41)47(45)53-46(40)43)37-25-23-35(24-26-37)34-15-6-2-7-16-34/h1-32,50H. The second-order valence-electron chi connectivity index (χ2n) is 13.0. The van der Waals surface area contributed by atoms with E-state index in [0.29, 0.717) is 11.4 Å². The molecule has 0 saturated carbocycles. The summed E-state index contributed by atoms with van der Waals surface area (Å²) in [5.41, 5.74) is 11.0. The van der Waals surface area contributed by atoms with Crippen LogP contribution < -0.4 is 0 Å². The Labute approximate surface area is 307 Å². The van der Waals surface area contributed by atoms with Crippen molar-refractivity contribution in [2.24, 2.45) is 9.98 Å². The average Bonchev–Trinajstić information content (AvgIpc) is 3.62. The van der Waals surface area contributed by atoms with E-state index >= 15 is 0 Å². The number of benzene rings is 8. The lowest BCUT2D eigenvalue weighted by Gasteiger charge is -2.09. The molecule has 0 unspecified atom stereocenters. The topological polar surface area (TPSA) is 61.7 Å². The van der Waals surface area contributed by atoms with Crippen molar-refractivity contribution < 1.29 is 4.42 Å². The van der Waals surface area contributed by atoms with Crippen molar-refractivity contribution in [1.82, 2.24) is 0 Å². The first-order valence-electron chi connectivity index (χ1n) is 17.6. The summed E-state index contributed by atoms with van der Waals surface area (Å²) in [6, 6.07) is 64.0. The van der Waals surface area contributed by atoms with Crippen LogP contribution in [0, 0.1) is 5.41 Å². The van der Waals surface area contributed by atoms with Crippen molar-refractivity contribution in [2.45, 2.75) is 0 Å². The Morgan fingerprint density at radius 1 is 0.434 bits per heavy atom. The zero-order valence-corrected chi connectivity index (χ0v) is 28.8. The van der Waals surface area contributed by atoms with Crippen LogP contribution in [-0.2, 0) is 0 Å². The molecule has 1 heterocycles. The lowest BCUT2D eigenvalue weighted by Crippen LogP contribution is -2.04. The fourth-order valence-corrected chi connectivity index (χ4v) is 6.97. The Hall–Kier alpha value is -7.17. The highest BCUT2D eigenvalue weighted by molar-refractivity contribution is 6.21. The minimum Gasteiger partial charge on any atom is -0.455 e. The third-order valence-electron chi connectivity index (χ3n) is 9.66. The highest BCUT2D eigenvalue weighted by Gasteiger charge is 2.18. The van der Waals surface area contributed by atoms with Crippen LogP contribution in [-0.4, -0.2) is 17.9 Å². The van der Waals surface area contributed by atoms with Gasteiger partial charge < -0.3 is 4.42 Å². The summed E-state index contributed by atoms with van der Waals surface area (Å²) in [6.07, 6.45) is 1.78. The third-order valence-corrected chi connectivity index (χ3v) is 9.66. The van der Waals surface area contributed by atoms with Gasteiger partial charge in [0, 0.05) is 39.1 Å². The Morgan fingerprint density at radius 3 is 1.72 bits per heavy atom. The number of para-hydroxylation sites is 1. The van der Waals surface area contributed by atoms with Crippen molar-refractivity contribution in [3.05, 3.63) is 205 Å². The molecule has 0 radical (unpaired) electrons. The minimum absolute atomic E-state index is 0.137. The monoisotopic (exact) mass is 679 g/mol. The van der Waals surface area contributed by atoms with Gasteiger partial charge in [-0.15, -0.1) is 0 Å². The highest BCUT2D eigenvalue weighted by Crippen LogP contribution is 2.42. The first-order valence-corrected chi connectivity index (χ1v) is 17.6. The number of rotatable bonds is 6. The van der Waals surface area contributed by atoms with E-state index in [1.807, 2.05) is 91.0 Å². The average molecular weight is 680 g/mol. The Kier molecular flexibility index (Phi) is 8.31. The maximum Gasteiger partial charge on any atom is 0.161 e. The number of nitrogens with one attached hydrogen (secondary N) is 1. The Morgan fingerprint density at radius 2 is 0.981 bits per heavy atom. The molecule has 9 rings (SSSR count). The second-order valence-corrected chi connectivity index (χ2v) is 13.0. The van der Waals surface area contributed by atoms with E-state index in [2.05, 4.69) is 107 Å². The van der Waals surface area contributed by atoms with Crippen LogP contribution in [0.3, 0.4) is 0 Å². The fraction of sp³-hybridized carbons (Fsp3) is 0. The van der Waals surface area contributed by atoms with Gasteiger partial charge in [-0.25, -0.2) is 9.98 Å². The molecule has 0 aliphatic heterocycles. The Bertz CT molecular complexity index is 2800. The fourth-order valence-electron chi connectivity index (χ4n) is 6.97. The van der Waals surface area contributed by atoms with Crippen molar-refractivity contribution in [3.63, 3.8) is 0 Å². The molecular weight excluding hydrogens is 647 g/mol. The summed E-state index contributed by atoms with van der Waals surface area (Å²) in [4.78, 5) is 9.36. The molecule has 0 aliphatic carbocycles. The number of fused-ring (bicyclic) bond motifs is 5. The maximum absolute atomic E-state index is 8.92. The molecule has 0 saturated heterocycles. The Balaban J connectivity index is 1.08. The SMILES string of the molecule is N=C(N=C(N=Cc1ccccc1)c1ccccc1)c1ccc(-c2cccc3c2oc2c4ccccc4c(-c4ccc(-c5ccccc5)cc4)cc32)cc1. The molecule has 0 amide bonds. The largest absolute Gasteiger partial charge is 0.455 e. The van der Waals surface area contributed by atoms with Gasteiger partial charge in [0.15, 0.2) is 11.7 Å².